The van der Waals surface area contributed by atoms with E-state index >= 15 is 0 Å². The topological polar surface area (TPSA) is 69.4 Å². The highest BCUT2D eigenvalue weighted by atomic mass is 19.3. The normalized spacial score (nSPS) is 17.9. The second-order valence-corrected chi connectivity index (χ2v) is 8.76. The maximum Gasteiger partial charge on any atom is 0.248 e. The van der Waals surface area contributed by atoms with E-state index in [0.717, 1.165) is 11.1 Å². The highest BCUT2D eigenvalue weighted by molar-refractivity contribution is 6.15. The summed E-state index contributed by atoms with van der Waals surface area (Å²) in [7, 11) is 1.51. The molecule has 2 aliphatic rings. The Bertz CT molecular complexity index is 1270. The van der Waals surface area contributed by atoms with Crippen LogP contribution >= 0.6 is 0 Å². The summed E-state index contributed by atoms with van der Waals surface area (Å²) in [6.07, 6.45) is 3.69. The summed E-state index contributed by atoms with van der Waals surface area (Å²) < 4.78 is 48.2. The van der Waals surface area contributed by atoms with Crippen LogP contribution < -0.4 is 4.74 Å². The summed E-state index contributed by atoms with van der Waals surface area (Å²) in [6.45, 7) is 0. The molecule has 1 aliphatic heterocycles. The number of alkyl halides is 2. The lowest BCUT2D eigenvalue weighted by Crippen LogP contribution is -2.27. The molecule has 0 amide bonds. The van der Waals surface area contributed by atoms with Gasteiger partial charge in [-0.15, -0.1) is 0 Å². The Balaban J connectivity index is 1.47. The van der Waals surface area contributed by atoms with Crippen molar-refractivity contribution in [2.75, 3.05) is 7.11 Å². The van der Waals surface area contributed by atoms with Crippen molar-refractivity contribution in [1.29, 1.82) is 0 Å². The molecule has 34 heavy (non-hydrogen) atoms. The van der Waals surface area contributed by atoms with Crippen LogP contribution in [-0.2, 0) is 6.42 Å². The molecule has 2 aromatic heterocycles. The Morgan fingerprint density at radius 3 is 2.71 bits per heavy atom. The number of ketones is 1. The molecule has 0 radical (unpaired) electrons. The van der Waals surface area contributed by atoms with Crippen molar-refractivity contribution in [3.05, 3.63) is 59.7 Å². The van der Waals surface area contributed by atoms with Gasteiger partial charge in [-0.2, -0.15) is 5.10 Å². The molecule has 5 rings (SSSR count). The summed E-state index contributed by atoms with van der Waals surface area (Å²) in [5.41, 5.74) is 3.23. The van der Waals surface area contributed by atoms with Crippen LogP contribution in [0.1, 0.15) is 54.1 Å². The first-order valence-electron chi connectivity index (χ1n) is 11.2. The Hall–Kier alpha value is -3.49. The van der Waals surface area contributed by atoms with Crippen LogP contribution in [0.15, 0.2) is 47.7 Å². The minimum absolute atomic E-state index is 0.110. The van der Waals surface area contributed by atoms with Gasteiger partial charge in [-0.25, -0.2) is 27.8 Å². The number of hydrogen-bond donors (Lipinski definition) is 0. The number of pyridine rings is 1. The van der Waals surface area contributed by atoms with Crippen molar-refractivity contribution in [2.24, 2.45) is 4.99 Å². The molecule has 3 aromatic rings. The van der Waals surface area contributed by atoms with Gasteiger partial charge in [-0.3, -0.25) is 4.79 Å². The van der Waals surface area contributed by atoms with E-state index in [-0.39, 0.29) is 49.7 Å². The first-order chi connectivity index (χ1) is 16.3. The van der Waals surface area contributed by atoms with E-state index in [0.29, 0.717) is 35.0 Å². The Labute approximate surface area is 194 Å². The smallest absolute Gasteiger partial charge is 0.248 e. The quantitative estimate of drug-likeness (QED) is 0.479. The SMILES string of the molecule is COc1cc(-c2cc(F)ccc2CC2=Nc3c(cnn3C3CCC(F)(F)CC3)C(=O)C2)ccn1. The average Bonchev–Trinajstić information content (AvgIpc) is 3.25. The van der Waals surface area contributed by atoms with E-state index in [2.05, 4.69) is 10.1 Å². The van der Waals surface area contributed by atoms with Gasteiger partial charge < -0.3 is 4.74 Å². The van der Waals surface area contributed by atoms with E-state index in [1.165, 1.54) is 25.4 Å². The number of fused-ring (bicyclic) bond motifs is 1. The predicted octanol–water partition coefficient (Wildman–Crippen LogP) is 5.74. The Morgan fingerprint density at radius 1 is 1.15 bits per heavy atom. The molecule has 6 nitrogen and oxygen atoms in total. The zero-order valence-electron chi connectivity index (χ0n) is 18.6. The molecule has 9 heteroatoms. The van der Waals surface area contributed by atoms with Crippen molar-refractivity contribution >= 4 is 17.3 Å². The first kappa shape index (κ1) is 22.3. The fourth-order valence-electron chi connectivity index (χ4n) is 4.65. The molecule has 0 bridgehead atoms. The monoisotopic (exact) mass is 468 g/mol. The third-order valence-electron chi connectivity index (χ3n) is 6.45. The number of aromatic nitrogens is 3. The maximum absolute atomic E-state index is 14.1. The second-order valence-electron chi connectivity index (χ2n) is 8.76. The minimum atomic E-state index is -2.65. The summed E-state index contributed by atoms with van der Waals surface area (Å²) in [6, 6.07) is 7.76. The van der Waals surface area contributed by atoms with Crippen molar-refractivity contribution < 1.29 is 22.7 Å². The summed E-state index contributed by atoms with van der Waals surface area (Å²) >= 11 is 0. The maximum atomic E-state index is 14.1. The van der Waals surface area contributed by atoms with Crippen LogP contribution in [0.2, 0.25) is 0 Å². The lowest BCUT2D eigenvalue weighted by Gasteiger charge is -2.29. The Kier molecular flexibility index (Phi) is 5.71. The molecule has 1 saturated carbocycles. The standard InChI is InChI=1S/C25H23F3N4O2/c1-34-23-11-16(6-9-29-23)20-12-17(26)3-2-15(20)10-18-13-22(33)21-14-30-32(24(21)31-18)19-4-7-25(27,28)8-5-19/h2-3,6,9,11-12,14,19H,4-5,7-8,10,13H2,1H3. The van der Waals surface area contributed by atoms with E-state index in [1.54, 1.807) is 29.1 Å². The molecule has 1 fully saturated rings. The van der Waals surface area contributed by atoms with Crippen molar-refractivity contribution in [2.45, 2.75) is 50.5 Å². The lowest BCUT2D eigenvalue weighted by molar-refractivity contribution is -0.0448. The van der Waals surface area contributed by atoms with Gasteiger partial charge in [0.25, 0.3) is 0 Å². The second kappa shape index (κ2) is 8.70. The van der Waals surface area contributed by atoms with Gasteiger partial charge in [0.15, 0.2) is 11.6 Å². The van der Waals surface area contributed by atoms with Gasteiger partial charge >= 0.3 is 0 Å². The van der Waals surface area contributed by atoms with E-state index in [4.69, 9.17) is 9.73 Å². The molecule has 176 valence electrons. The molecule has 3 heterocycles. The van der Waals surface area contributed by atoms with Crippen molar-refractivity contribution in [3.8, 4) is 17.0 Å². The van der Waals surface area contributed by atoms with Gasteiger partial charge in [-0.1, -0.05) is 6.07 Å². The van der Waals surface area contributed by atoms with E-state index in [1.807, 2.05) is 0 Å². The molecule has 0 N–H and O–H groups in total. The van der Waals surface area contributed by atoms with Crippen LogP contribution in [0, 0.1) is 5.82 Å². The van der Waals surface area contributed by atoms with Crippen LogP contribution in [0.3, 0.4) is 0 Å². The number of Topliss-reactive ketones (excluding diaryl/α,β-unsaturated/α-hetero) is 1. The predicted molar refractivity (Wildman–Crippen MR) is 121 cm³/mol. The fraction of sp³-hybridized carbons (Fsp3) is 0.360. The number of carbonyl (C=O) groups excluding carboxylic acids is 1. The number of methoxy groups -OCH3 is 1. The Morgan fingerprint density at radius 2 is 1.94 bits per heavy atom. The lowest BCUT2D eigenvalue weighted by atomic mass is 9.92. The molecule has 0 spiro atoms. The largest absolute Gasteiger partial charge is 0.481 e. The fourth-order valence-corrected chi connectivity index (χ4v) is 4.65. The number of carbonyl (C=O) groups is 1. The number of benzene rings is 1. The molecule has 0 atom stereocenters. The van der Waals surface area contributed by atoms with Crippen LogP contribution in [0.5, 0.6) is 5.88 Å². The van der Waals surface area contributed by atoms with E-state index < -0.39 is 5.92 Å². The molecule has 1 aliphatic carbocycles. The molecule has 1 aromatic carbocycles. The van der Waals surface area contributed by atoms with E-state index in [9.17, 15) is 18.0 Å². The number of ether oxygens (including phenoxy) is 1. The van der Waals surface area contributed by atoms with Gasteiger partial charge in [0.05, 0.1) is 31.3 Å². The number of nitrogens with zero attached hydrogens (tertiary/aromatic N) is 4. The van der Waals surface area contributed by atoms with Crippen LogP contribution in [0.4, 0.5) is 19.0 Å². The number of halogens is 3. The highest BCUT2D eigenvalue weighted by Gasteiger charge is 2.37. The zero-order chi connectivity index (χ0) is 23.9. The summed E-state index contributed by atoms with van der Waals surface area (Å²) in [5, 5.41) is 4.33. The third kappa shape index (κ3) is 4.34. The third-order valence-corrected chi connectivity index (χ3v) is 6.45. The zero-order valence-corrected chi connectivity index (χ0v) is 18.6. The minimum Gasteiger partial charge on any atom is -0.481 e. The highest BCUT2D eigenvalue weighted by Crippen LogP contribution is 2.41. The molecular formula is C25H23F3N4O2. The van der Waals surface area contributed by atoms with Crippen molar-refractivity contribution in [3.63, 3.8) is 0 Å². The average molecular weight is 468 g/mol. The molecule has 0 unspecified atom stereocenters. The van der Waals surface area contributed by atoms with Gasteiger partial charge in [-0.05, 0) is 47.7 Å². The first-order valence-corrected chi connectivity index (χ1v) is 11.2. The number of rotatable bonds is 5. The summed E-state index contributed by atoms with van der Waals surface area (Å²) in [4.78, 5) is 21.7. The van der Waals surface area contributed by atoms with Gasteiger partial charge in [0.1, 0.15) is 5.82 Å². The van der Waals surface area contributed by atoms with Crippen LogP contribution in [-0.4, -0.2) is 39.3 Å². The van der Waals surface area contributed by atoms with Crippen LogP contribution in [0.25, 0.3) is 11.1 Å². The van der Waals surface area contributed by atoms with Gasteiger partial charge in [0.2, 0.25) is 11.8 Å². The number of hydrogen-bond acceptors (Lipinski definition) is 5. The van der Waals surface area contributed by atoms with Crippen molar-refractivity contribution in [1.82, 2.24) is 14.8 Å². The summed E-state index contributed by atoms with van der Waals surface area (Å²) in [5.74, 6) is -2.31. The molecule has 0 saturated heterocycles. The molecular weight excluding hydrogens is 445 g/mol. The van der Waals surface area contributed by atoms with Gasteiger partial charge in [0, 0.05) is 37.2 Å². The number of aliphatic imine (C=N–C) groups is 1.